The molecule has 2 aliphatic rings. The van der Waals surface area contributed by atoms with Crippen LogP contribution in [-0.2, 0) is 6.54 Å². The fourth-order valence-electron chi connectivity index (χ4n) is 3.46. The number of furan rings is 1. The van der Waals surface area contributed by atoms with Crippen molar-refractivity contribution in [1.82, 2.24) is 14.9 Å². The van der Waals surface area contributed by atoms with Gasteiger partial charge in [-0.1, -0.05) is 0 Å². The molecule has 2 aromatic rings. The lowest BCUT2D eigenvalue weighted by Crippen LogP contribution is -2.29. The summed E-state index contributed by atoms with van der Waals surface area (Å²) >= 11 is 0. The fraction of sp³-hybridized carbons (Fsp3) is 0.467. The molecule has 4 heterocycles. The first kappa shape index (κ1) is 11.9. The summed E-state index contributed by atoms with van der Waals surface area (Å²) in [6.07, 6.45) is 5.39. The molecule has 0 spiro atoms. The Kier molecular flexibility index (Phi) is 2.92. The van der Waals surface area contributed by atoms with Gasteiger partial charge in [-0.25, -0.2) is 9.97 Å². The van der Waals surface area contributed by atoms with Crippen molar-refractivity contribution in [2.75, 3.05) is 31.1 Å². The van der Waals surface area contributed by atoms with Crippen molar-refractivity contribution in [2.24, 2.45) is 11.8 Å². The van der Waals surface area contributed by atoms with Crippen LogP contribution in [0.15, 0.2) is 41.3 Å². The van der Waals surface area contributed by atoms with Gasteiger partial charge in [-0.2, -0.15) is 0 Å². The number of anilines is 1. The molecule has 0 N–H and O–H groups in total. The lowest BCUT2D eigenvalue weighted by Gasteiger charge is -2.20. The highest BCUT2D eigenvalue weighted by Crippen LogP contribution is 2.33. The van der Waals surface area contributed by atoms with Crippen LogP contribution in [-0.4, -0.2) is 41.0 Å². The molecule has 0 aliphatic carbocycles. The van der Waals surface area contributed by atoms with Gasteiger partial charge in [0.15, 0.2) is 0 Å². The molecule has 2 aliphatic heterocycles. The Balaban J connectivity index is 1.38. The molecule has 2 atom stereocenters. The molecular weight excluding hydrogens is 252 g/mol. The number of likely N-dealkylation sites (tertiary alicyclic amines) is 1. The van der Waals surface area contributed by atoms with Crippen LogP contribution in [0.1, 0.15) is 5.76 Å². The molecule has 20 heavy (non-hydrogen) atoms. The lowest BCUT2D eigenvalue weighted by molar-refractivity contribution is 0.280. The normalized spacial score (nSPS) is 26.1. The van der Waals surface area contributed by atoms with Crippen molar-refractivity contribution < 1.29 is 4.42 Å². The number of hydrogen-bond donors (Lipinski definition) is 0. The van der Waals surface area contributed by atoms with Crippen molar-refractivity contribution in [1.29, 1.82) is 0 Å². The topological polar surface area (TPSA) is 45.4 Å². The Morgan fingerprint density at radius 2 is 1.80 bits per heavy atom. The monoisotopic (exact) mass is 270 g/mol. The Morgan fingerprint density at radius 3 is 2.45 bits per heavy atom. The maximum atomic E-state index is 5.44. The summed E-state index contributed by atoms with van der Waals surface area (Å²) in [5.41, 5.74) is 0. The van der Waals surface area contributed by atoms with Crippen molar-refractivity contribution in [3.8, 4) is 0 Å². The fourth-order valence-corrected chi connectivity index (χ4v) is 3.46. The van der Waals surface area contributed by atoms with Gasteiger partial charge >= 0.3 is 0 Å². The molecule has 5 nitrogen and oxygen atoms in total. The molecule has 104 valence electrons. The third kappa shape index (κ3) is 2.18. The van der Waals surface area contributed by atoms with E-state index in [1.54, 1.807) is 6.26 Å². The highest BCUT2D eigenvalue weighted by Gasteiger charge is 2.40. The van der Waals surface area contributed by atoms with Crippen LogP contribution in [0.25, 0.3) is 0 Å². The van der Waals surface area contributed by atoms with Gasteiger partial charge in [-0.15, -0.1) is 0 Å². The molecule has 0 unspecified atom stereocenters. The van der Waals surface area contributed by atoms with Crippen molar-refractivity contribution >= 4 is 5.95 Å². The van der Waals surface area contributed by atoms with Crippen LogP contribution in [0.2, 0.25) is 0 Å². The van der Waals surface area contributed by atoms with E-state index in [9.17, 15) is 0 Å². The maximum absolute atomic E-state index is 5.44. The zero-order chi connectivity index (χ0) is 13.4. The SMILES string of the molecule is c1cnc(N2C[C@H]3CN(Cc4ccco4)C[C@H]3C2)nc1. The van der Waals surface area contributed by atoms with Crippen LogP contribution in [0, 0.1) is 11.8 Å². The molecule has 2 saturated heterocycles. The standard InChI is InChI=1S/C15H18N4O/c1-3-14(20-6-1)11-18-7-12-9-19(10-13(12)8-18)15-16-4-2-5-17-15/h1-6,12-13H,7-11H2/t12-,13+. The van der Waals surface area contributed by atoms with Crippen LogP contribution in [0.3, 0.4) is 0 Å². The summed E-state index contributed by atoms with van der Waals surface area (Å²) in [7, 11) is 0. The van der Waals surface area contributed by atoms with Gasteiger partial charge in [0, 0.05) is 38.6 Å². The molecule has 0 amide bonds. The van der Waals surface area contributed by atoms with Gasteiger partial charge in [0.2, 0.25) is 5.95 Å². The predicted octanol–water partition coefficient (Wildman–Crippen LogP) is 1.64. The number of aromatic nitrogens is 2. The number of rotatable bonds is 3. The van der Waals surface area contributed by atoms with E-state index < -0.39 is 0 Å². The summed E-state index contributed by atoms with van der Waals surface area (Å²) in [5, 5.41) is 0. The van der Waals surface area contributed by atoms with Crippen molar-refractivity contribution in [2.45, 2.75) is 6.54 Å². The van der Waals surface area contributed by atoms with Crippen LogP contribution in [0.4, 0.5) is 5.95 Å². The third-order valence-corrected chi connectivity index (χ3v) is 4.36. The average molecular weight is 270 g/mol. The summed E-state index contributed by atoms with van der Waals surface area (Å²) < 4.78 is 5.44. The largest absolute Gasteiger partial charge is 0.468 e. The van der Waals surface area contributed by atoms with E-state index in [0.29, 0.717) is 0 Å². The summed E-state index contributed by atoms with van der Waals surface area (Å²) in [4.78, 5) is 13.5. The highest BCUT2D eigenvalue weighted by molar-refractivity contribution is 5.31. The van der Waals surface area contributed by atoms with E-state index in [1.807, 2.05) is 24.5 Å². The van der Waals surface area contributed by atoms with Gasteiger partial charge in [-0.05, 0) is 30.0 Å². The smallest absolute Gasteiger partial charge is 0.225 e. The summed E-state index contributed by atoms with van der Waals surface area (Å²) in [5.74, 6) is 3.40. The number of hydrogen-bond acceptors (Lipinski definition) is 5. The quantitative estimate of drug-likeness (QED) is 0.848. The zero-order valence-corrected chi connectivity index (χ0v) is 11.4. The maximum Gasteiger partial charge on any atom is 0.225 e. The number of nitrogens with zero attached hydrogens (tertiary/aromatic N) is 4. The van der Waals surface area contributed by atoms with E-state index >= 15 is 0 Å². The second-order valence-corrected chi connectivity index (χ2v) is 5.75. The third-order valence-electron chi connectivity index (χ3n) is 4.36. The molecule has 0 saturated carbocycles. The lowest BCUT2D eigenvalue weighted by atomic mass is 10.0. The van der Waals surface area contributed by atoms with E-state index in [4.69, 9.17) is 4.42 Å². The van der Waals surface area contributed by atoms with Crippen molar-refractivity contribution in [3.63, 3.8) is 0 Å². The highest BCUT2D eigenvalue weighted by atomic mass is 16.3. The zero-order valence-electron chi connectivity index (χ0n) is 11.4. The Hall–Kier alpha value is -1.88. The second-order valence-electron chi connectivity index (χ2n) is 5.75. The van der Waals surface area contributed by atoms with E-state index in [-0.39, 0.29) is 0 Å². The van der Waals surface area contributed by atoms with Crippen molar-refractivity contribution in [3.05, 3.63) is 42.6 Å². The number of fused-ring (bicyclic) bond motifs is 1. The minimum Gasteiger partial charge on any atom is -0.468 e. The predicted molar refractivity (Wildman–Crippen MR) is 75.2 cm³/mol. The first-order valence-electron chi connectivity index (χ1n) is 7.15. The van der Waals surface area contributed by atoms with Gasteiger partial charge in [0.1, 0.15) is 5.76 Å². The molecule has 0 radical (unpaired) electrons. The minimum atomic E-state index is 0.730. The van der Waals surface area contributed by atoms with Crippen LogP contribution >= 0.6 is 0 Å². The first-order chi connectivity index (χ1) is 9.88. The summed E-state index contributed by atoms with van der Waals surface area (Å²) in [6, 6.07) is 5.88. The Morgan fingerprint density at radius 1 is 1.05 bits per heavy atom. The minimum absolute atomic E-state index is 0.730. The molecule has 0 bridgehead atoms. The molecule has 5 heteroatoms. The summed E-state index contributed by atoms with van der Waals surface area (Å²) in [6.45, 7) is 5.37. The first-order valence-corrected chi connectivity index (χ1v) is 7.15. The second kappa shape index (κ2) is 4.90. The van der Waals surface area contributed by atoms with Gasteiger partial charge in [0.05, 0.1) is 12.8 Å². The molecular formula is C15H18N4O. The average Bonchev–Trinajstić information content (AvgIpc) is 3.16. The van der Waals surface area contributed by atoms with E-state index in [2.05, 4.69) is 25.8 Å². The van der Waals surface area contributed by atoms with E-state index in [0.717, 1.165) is 56.3 Å². The molecule has 4 rings (SSSR count). The van der Waals surface area contributed by atoms with Crippen LogP contribution in [0.5, 0.6) is 0 Å². The van der Waals surface area contributed by atoms with Gasteiger partial charge in [0.25, 0.3) is 0 Å². The molecule has 0 aromatic carbocycles. The Labute approximate surface area is 118 Å². The van der Waals surface area contributed by atoms with E-state index in [1.165, 1.54) is 0 Å². The Bertz CT molecular complexity index is 543. The molecule has 2 fully saturated rings. The van der Waals surface area contributed by atoms with Gasteiger partial charge < -0.3 is 9.32 Å². The van der Waals surface area contributed by atoms with Gasteiger partial charge in [-0.3, -0.25) is 4.90 Å². The van der Waals surface area contributed by atoms with Crippen LogP contribution < -0.4 is 4.90 Å². The molecule has 2 aromatic heterocycles.